The van der Waals surface area contributed by atoms with Crippen molar-refractivity contribution in [1.82, 2.24) is 0 Å². The molecule has 9 nitrogen and oxygen atoms in total. The number of phenols is 1. The first-order valence-corrected chi connectivity index (χ1v) is 16.3. The standard InChI is InChI=1S/C25H24O5.C14H20O4/c1-28-19-10-8-17(9-11-19)25-20(16-6-4-3-5-7-16)12-13-24(25,27)23-21(29-2)14-18(26)15-22(23)30-25;1-15-14-11-17-13(10-18-14)7-8-16-9-12-5-3-2-4-6-12/h3-11,14-15,20,26-27H,12-13H2,1-2H3;2-6,13-14H,7-11H2,1H3. The van der Waals surface area contributed by atoms with E-state index in [2.05, 4.69) is 24.3 Å². The smallest absolute Gasteiger partial charge is 0.180 e. The van der Waals surface area contributed by atoms with Crippen LogP contribution in [0.15, 0.2) is 97.1 Å². The molecule has 48 heavy (non-hydrogen) atoms. The zero-order valence-electron chi connectivity index (χ0n) is 27.7. The van der Waals surface area contributed by atoms with Crippen molar-refractivity contribution in [3.8, 4) is 23.0 Å². The molecule has 254 valence electrons. The second-order valence-electron chi connectivity index (χ2n) is 12.2. The molecule has 4 aromatic rings. The van der Waals surface area contributed by atoms with Crippen LogP contribution in [0, 0.1) is 0 Å². The van der Waals surface area contributed by atoms with E-state index in [0.717, 1.165) is 29.7 Å². The Hall–Kier alpha value is -4.12. The van der Waals surface area contributed by atoms with E-state index in [1.165, 1.54) is 18.7 Å². The molecule has 5 atom stereocenters. The molecular weight excluding hydrogens is 612 g/mol. The highest BCUT2D eigenvalue weighted by atomic mass is 16.7. The van der Waals surface area contributed by atoms with Gasteiger partial charge < -0.3 is 43.4 Å². The van der Waals surface area contributed by atoms with Gasteiger partial charge in [0.25, 0.3) is 0 Å². The summed E-state index contributed by atoms with van der Waals surface area (Å²) >= 11 is 0. The van der Waals surface area contributed by atoms with Crippen molar-refractivity contribution >= 4 is 0 Å². The van der Waals surface area contributed by atoms with Crippen LogP contribution in [0.5, 0.6) is 23.0 Å². The van der Waals surface area contributed by atoms with Crippen molar-refractivity contribution in [1.29, 1.82) is 0 Å². The molecule has 0 aromatic heterocycles. The van der Waals surface area contributed by atoms with Gasteiger partial charge in [0.2, 0.25) is 0 Å². The summed E-state index contributed by atoms with van der Waals surface area (Å²) in [5.41, 5.74) is 1.38. The van der Waals surface area contributed by atoms with Gasteiger partial charge in [-0.25, -0.2) is 0 Å². The maximum Gasteiger partial charge on any atom is 0.180 e. The summed E-state index contributed by atoms with van der Waals surface area (Å²) < 4.78 is 39.2. The van der Waals surface area contributed by atoms with Gasteiger partial charge in [-0.05, 0) is 48.1 Å². The van der Waals surface area contributed by atoms with Gasteiger partial charge in [0.15, 0.2) is 11.9 Å². The number of aromatic hydroxyl groups is 1. The van der Waals surface area contributed by atoms with Gasteiger partial charge >= 0.3 is 0 Å². The lowest BCUT2D eigenvalue weighted by Gasteiger charge is -2.40. The normalized spacial score (nSPS) is 25.6. The van der Waals surface area contributed by atoms with Crippen LogP contribution in [0.2, 0.25) is 0 Å². The lowest BCUT2D eigenvalue weighted by Crippen LogP contribution is -2.48. The molecule has 9 heteroatoms. The maximum atomic E-state index is 12.2. The molecule has 5 unspecified atom stereocenters. The van der Waals surface area contributed by atoms with Crippen LogP contribution >= 0.6 is 0 Å². The van der Waals surface area contributed by atoms with Crippen molar-refractivity contribution in [3.63, 3.8) is 0 Å². The number of fused-ring (bicyclic) bond motifs is 3. The SMILES string of the molecule is COC1COC(CCOCc2ccccc2)CO1.COc1ccc(C23Oc4cc(O)cc(OC)c4C2(O)CCC3c2ccccc2)cc1. The minimum Gasteiger partial charge on any atom is -0.508 e. The topological polar surface area (TPSA) is 105 Å². The quantitative estimate of drug-likeness (QED) is 0.187. The van der Waals surface area contributed by atoms with E-state index in [0.29, 0.717) is 49.9 Å². The molecule has 7 rings (SSSR count). The molecule has 1 saturated carbocycles. The molecule has 0 radical (unpaired) electrons. The van der Waals surface area contributed by atoms with E-state index in [-0.39, 0.29) is 24.1 Å². The maximum absolute atomic E-state index is 12.2. The molecule has 0 spiro atoms. The number of hydrogen-bond donors (Lipinski definition) is 2. The summed E-state index contributed by atoms with van der Waals surface area (Å²) in [7, 11) is 4.79. The van der Waals surface area contributed by atoms with Crippen LogP contribution in [-0.2, 0) is 36.8 Å². The van der Waals surface area contributed by atoms with Gasteiger partial charge in [-0.15, -0.1) is 0 Å². The molecule has 0 bridgehead atoms. The van der Waals surface area contributed by atoms with Crippen LogP contribution in [0.4, 0.5) is 0 Å². The molecule has 2 aliphatic heterocycles. The highest BCUT2D eigenvalue weighted by Gasteiger charge is 2.69. The number of benzene rings is 4. The van der Waals surface area contributed by atoms with Crippen LogP contribution in [0.1, 0.15) is 47.4 Å². The predicted octanol–water partition coefficient (Wildman–Crippen LogP) is 6.44. The largest absolute Gasteiger partial charge is 0.508 e. The van der Waals surface area contributed by atoms with Gasteiger partial charge in [-0.3, -0.25) is 0 Å². The van der Waals surface area contributed by atoms with Gasteiger partial charge in [-0.2, -0.15) is 0 Å². The Labute approximate surface area is 281 Å². The van der Waals surface area contributed by atoms with Gasteiger partial charge in [0, 0.05) is 31.8 Å². The molecule has 2 fully saturated rings. The Balaban J connectivity index is 0.000000191. The molecule has 0 amide bonds. The Morgan fingerprint density at radius 2 is 1.56 bits per heavy atom. The molecule has 1 aliphatic carbocycles. The second kappa shape index (κ2) is 15.0. The average molecular weight is 657 g/mol. The lowest BCUT2D eigenvalue weighted by atomic mass is 9.71. The predicted molar refractivity (Wildman–Crippen MR) is 179 cm³/mol. The number of aliphatic hydroxyl groups is 1. The second-order valence-corrected chi connectivity index (χ2v) is 12.2. The van der Waals surface area contributed by atoms with Crippen molar-refractivity contribution in [3.05, 3.63) is 119 Å². The molecule has 2 heterocycles. The molecule has 2 N–H and O–H groups in total. The summed E-state index contributed by atoms with van der Waals surface area (Å²) in [5.74, 6) is 1.56. The van der Waals surface area contributed by atoms with Crippen molar-refractivity contribution in [2.24, 2.45) is 0 Å². The average Bonchev–Trinajstić information content (AvgIpc) is 3.57. The van der Waals surface area contributed by atoms with E-state index >= 15 is 0 Å². The fourth-order valence-electron chi connectivity index (χ4n) is 7.13. The van der Waals surface area contributed by atoms with E-state index in [1.807, 2.05) is 60.7 Å². The first kappa shape index (κ1) is 33.8. The van der Waals surface area contributed by atoms with Gasteiger partial charge in [-0.1, -0.05) is 72.8 Å². The summed E-state index contributed by atoms with van der Waals surface area (Å²) in [5, 5.41) is 22.4. The van der Waals surface area contributed by atoms with E-state index in [4.69, 9.17) is 33.2 Å². The fourth-order valence-corrected chi connectivity index (χ4v) is 7.13. The van der Waals surface area contributed by atoms with E-state index < -0.39 is 11.2 Å². The van der Waals surface area contributed by atoms with Crippen molar-refractivity contribution < 1.29 is 43.4 Å². The Morgan fingerprint density at radius 1 is 0.833 bits per heavy atom. The Kier molecular flexibility index (Phi) is 10.5. The molecule has 4 aromatic carbocycles. The van der Waals surface area contributed by atoms with Crippen molar-refractivity contribution in [2.45, 2.75) is 55.4 Å². The summed E-state index contributed by atoms with van der Waals surface area (Å²) in [4.78, 5) is 0. The van der Waals surface area contributed by atoms with Gasteiger partial charge in [0.1, 0.15) is 28.6 Å². The van der Waals surface area contributed by atoms with E-state index in [9.17, 15) is 10.2 Å². The number of rotatable bonds is 10. The number of phenolic OH excluding ortho intramolecular Hbond substituents is 1. The highest BCUT2D eigenvalue weighted by Crippen LogP contribution is 2.68. The zero-order chi connectivity index (χ0) is 33.6. The molecular formula is C39H44O9. The molecule has 3 aliphatic rings. The third-order valence-corrected chi connectivity index (χ3v) is 9.47. The summed E-state index contributed by atoms with van der Waals surface area (Å²) in [6.07, 6.45) is 2.00. The zero-order valence-corrected chi connectivity index (χ0v) is 27.7. The fraction of sp³-hybridized carbons (Fsp3) is 0.385. The Bertz CT molecular complexity index is 1610. The summed E-state index contributed by atoms with van der Waals surface area (Å²) in [6.45, 7) is 2.41. The Morgan fingerprint density at radius 3 is 2.21 bits per heavy atom. The van der Waals surface area contributed by atoms with Crippen molar-refractivity contribution in [2.75, 3.05) is 41.2 Å². The third kappa shape index (κ3) is 6.61. The van der Waals surface area contributed by atoms with Crippen LogP contribution in [-0.4, -0.2) is 63.8 Å². The minimum atomic E-state index is -1.31. The minimum absolute atomic E-state index is 0.0373. The molecule has 1 saturated heterocycles. The first-order valence-electron chi connectivity index (χ1n) is 16.3. The number of hydrogen-bond acceptors (Lipinski definition) is 9. The monoisotopic (exact) mass is 656 g/mol. The third-order valence-electron chi connectivity index (χ3n) is 9.47. The number of ether oxygens (including phenoxy) is 7. The highest BCUT2D eigenvalue weighted by molar-refractivity contribution is 5.61. The van der Waals surface area contributed by atoms with Crippen LogP contribution in [0.3, 0.4) is 0 Å². The lowest BCUT2D eigenvalue weighted by molar-refractivity contribution is -0.226. The van der Waals surface area contributed by atoms with E-state index in [1.54, 1.807) is 20.3 Å². The summed E-state index contributed by atoms with van der Waals surface area (Å²) in [6, 6.07) is 31.0. The van der Waals surface area contributed by atoms with Crippen LogP contribution in [0.25, 0.3) is 0 Å². The number of methoxy groups -OCH3 is 3. The van der Waals surface area contributed by atoms with Gasteiger partial charge in [0.05, 0.1) is 45.7 Å². The first-order chi connectivity index (χ1) is 23.4. The van der Waals surface area contributed by atoms with Crippen LogP contribution < -0.4 is 14.2 Å².